The first-order valence-electron chi connectivity index (χ1n) is 7.66. The highest BCUT2D eigenvalue weighted by Gasteiger charge is 2.24. The van der Waals surface area contributed by atoms with E-state index >= 15 is 0 Å². The molecule has 1 aromatic carbocycles. The highest BCUT2D eigenvalue weighted by Crippen LogP contribution is 2.17. The van der Waals surface area contributed by atoms with Gasteiger partial charge in [-0.05, 0) is 30.8 Å². The molecule has 1 aliphatic heterocycles. The Morgan fingerprint density at radius 3 is 3.00 bits per heavy atom. The van der Waals surface area contributed by atoms with Crippen LogP contribution in [0.2, 0.25) is 0 Å². The van der Waals surface area contributed by atoms with E-state index in [2.05, 4.69) is 39.0 Å². The minimum atomic E-state index is -0.207. The van der Waals surface area contributed by atoms with E-state index in [1.165, 1.54) is 5.56 Å². The predicted octanol–water partition coefficient (Wildman–Crippen LogP) is 1.08. The number of fused-ring (bicyclic) bond motifs is 1. The molecule has 1 fully saturated rings. The molecule has 0 unspecified atom stereocenters. The number of aromatic nitrogens is 1. The zero-order valence-corrected chi connectivity index (χ0v) is 12.9. The quantitative estimate of drug-likeness (QED) is 0.921. The summed E-state index contributed by atoms with van der Waals surface area (Å²) < 4.78 is 0. The molecule has 5 heteroatoms. The lowest BCUT2D eigenvalue weighted by atomic mass is 10.1. The molecular formula is C17H22N4O. The number of nitrogens with two attached hydrogens (primary N) is 1. The van der Waals surface area contributed by atoms with Gasteiger partial charge in [-0.3, -0.25) is 14.7 Å². The van der Waals surface area contributed by atoms with Gasteiger partial charge in [0.15, 0.2) is 0 Å². The second-order valence-electron chi connectivity index (χ2n) is 6.13. The zero-order valence-electron chi connectivity index (χ0n) is 12.9. The third-order valence-corrected chi connectivity index (χ3v) is 4.28. The second kappa shape index (κ2) is 6.42. The summed E-state index contributed by atoms with van der Waals surface area (Å²) in [5.74, 6) is -0.309. The van der Waals surface area contributed by atoms with Gasteiger partial charge in [-0.2, -0.15) is 0 Å². The van der Waals surface area contributed by atoms with Crippen molar-refractivity contribution in [2.75, 3.05) is 33.2 Å². The van der Waals surface area contributed by atoms with E-state index in [0.717, 1.165) is 43.6 Å². The van der Waals surface area contributed by atoms with Crippen LogP contribution in [0.25, 0.3) is 10.9 Å². The number of nitrogens with zero attached hydrogens (tertiary/aromatic N) is 3. The molecular weight excluding hydrogens is 276 g/mol. The van der Waals surface area contributed by atoms with Gasteiger partial charge in [0.2, 0.25) is 5.91 Å². The van der Waals surface area contributed by atoms with Gasteiger partial charge in [0.1, 0.15) is 0 Å². The predicted molar refractivity (Wildman–Crippen MR) is 87.2 cm³/mol. The Kier molecular flexibility index (Phi) is 4.36. The fraction of sp³-hybridized carbons (Fsp3) is 0.412. The molecule has 2 aromatic rings. The van der Waals surface area contributed by atoms with Crippen LogP contribution in [0.4, 0.5) is 0 Å². The van der Waals surface area contributed by atoms with Gasteiger partial charge in [-0.15, -0.1) is 0 Å². The molecule has 0 radical (unpaired) electrons. The largest absolute Gasteiger partial charge is 0.369 e. The molecule has 1 saturated heterocycles. The van der Waals surface area contributed by atoms with E-state index in [9.17, 15) is 4.79 Å². The van der Waals surface area contributed by atoms with Gasteiger partial charge in [-0.1, -0.05) is 12.1 Å². The third kappa shape index (κ3) is 3.43. The maximum atomic E-state index is 11.6. The van der Waals surface area contributed by atoms with Crippen molar-refractivity contribution in [2.45, 2.75) is 6.54 Å². The van der Waals surface area contributed by atoms with E-state index in [1.54, 1.807) is 0 Å². The van der Waals surface area contributed by atoms with E-state index < -0.39 is 0 Å². The van der Waals surface area contributed by atoms with Crippen LogP contribution in [-0.4, -0.2) is 53.9 Å². The summed E-state index contributed by atoms with van der Waals surface area (Å²) in [5, 5.41) is 1.15. The van der Waals surface area contributed by atoms with Gasteiger partial charge in [0.25, 0.3) is 0 Å². The first-order valence-corrected chi connectivity index (χ1v) is 7.66. The van der Waals surface area contributed by atoms with E-state index in [1.807, 2.05) is 19.3 Å². The van der Waals surface area contributed by atoms with Crippen molar-refractivity contribution in [1.82, 2.24) is 14.8 Å². The normalized spacial score (nSPS) is 20.9. The Morgan fingerprint density at radius 1 is 1.32 bits per heavy atom. The molecule has 22 heavy (non-hydrogen) atoms. The number of primary amides is 1. The summed E-state index contributed by atoms with van der Waals surface area (Å²) in [4.78, 5) is 20.4. The number of likely N-dealkylation sites (N-methyl/N-ethyl adjacent to an activating group) is 1. The number of amides is 1. The Bertz CT molecular complexity index is 673. The summed E-state index contributed by atoms with van der Waals surface area (Å²) >= 11 is 0. The van der Waals surface area contributed by atoms with Gasteiger partial charge < -0.3 is 10.6 Å². The number of hydrogen-bond acceptors (Lipinski definition) is 4. The van der Waals surface area contributed by atoms with Gasteiger partial charge in [0, 0.05) is 44.3 Å². The number of rotatable bonds is 3. The molecule has 1 atom stereocenters. The summed E-state index contributed by atoms with van der Waals surface area (Å²) in [5.41, 5.74) is 7.78. The van der Waals surface area contributed by atoms with Crippen LogP contribution in [0.5, 0.6) is 0 Å². The van der Waals surface area contributed by atoms with Crippen molar-refractivity contribution >= 4 is 16.8 Å². The Hall–Kier alpha value is -1.98. The van der Waals surface area contributed by atoms with Crippen LogP contribution in [0.15, 0.2) is 36.5 Å². The molecule has 2 N–H and O–H groups in total. The number of carbonyl (C=O) groups is 1. The lowest BCUT2D eigenvalue weighted by molar-refractivity contribution is -0.122. The molecule has 1 amide bonds. The molecule has 0 aliphatic carbocycles. The molecule has 3 rings (SSSR count). The van der Waals surface area contributed by atoms with E-state index in [4.69, 9.17) is 5.73 Å². The number of pyridine rings is 1. The molecule has 5 nitrogen and oxygen atoms in total. The van der Waals surface area contributed by atoms with Crippen molar-refractivity contribution in [1.29, 1.82) is 0 Å². The molecule has 0 spiro atoms. The van der Waals surface area contributed by atoms with Gasteiger partial charge >= 0.3 is 0 Å². The van der Waals surface area contributed by atoms with Gasteiger partial charge in [-0.25, -0.2) is 0 Å². The molecule has 116 valence electrons. The highest BCUT2D eigenvalue weighted by atomic mass is 16.1. The van der Waals surface area contributed by atoms with Crippen molar-refractivity contribution < 1.29 is 4.79 Å². The lowest BCUT2D eigenvalue weighted by Gasteiger charge is -2.22. The fourth-order valence-corrected chi connectivity index (χ4v) is 3.05. The standard InChI is InChI=1S/C17H22N4O/c1-20-7-8-21(12-15(11-20)17(18)22)10-13-4-5-16-14(9-13)3-2-6-19-16/h2-6,9,15H,7-8,10-12H2,1H3,(H2,18,22)/t15-/m0/s1. The molecule has 1 aromatic heterocycles. The van der Waals surface area contributed by atoms with Crippen LogP contribution in [0, 0.1) is 5.92 Å². The second-order valence-corrected chi connectivity index (χ2v) is 6.13. The molecule has 1 aliphatic rings. The SMILES string of the molecule is CN1CCN(Cc2ccc3ncccc3c2)C[C@@H](C(N)=O)C1. The van der Waals surface area contributed by atoms with E-state index in [-0.39, 0.29) is 11.8 Å². The van der Waals surface area contributed by atoms with E-state index in [0.29, 0.717) is 0 Å². The van der Waals surface area contributed by atoms with Crippen LogP contribution >= 0.6 is 0 Å². The van der Waals surface area contributed by atoms with Crippen molar-refractivity contribution in [3.05, 3.63) is 42.1 Å². The average Bonchev–Trinajstić information content (AvgIpc) is 2.69. The van der Waals surface area contributed by atoms with Crippen LogP contribution in [0.1, 0.15) is 5.56 Å². The lowest BCUT2D eigenvalue weighted by Crippen LogP contribution is -2.37. The first-order chi connectivity index (χ1) is 10.6. The van der Waals surface area contributed by atoms with Gasteiger partial charge in [0.05, 0.1) is 11.4 Å². The van der Waals surface area contributed by atoms with Crippen LogP contribution in [-0.2, 0) is 11.3 Å². The topological polar surface area (TPSA) is 62.5 Å². The maximum Gasteiger partial charge on any atom is 0.223 e. The fourth-order valence-electron chi connectivity index (χ4n) is 3.05. The Morgan fingerprint density at radius 2 is 2.18 bits per heavy atom. The zero-order chi connectivity index (χ0) is 15.5. The average molecular weight is 298 g/mol. The minimum Gasteiger partial charge on any atom is -0.369 e. The van der Waals surface area contributed by atoms with Crippen LogP contribution in [0.3, 0.4) is 0 Å². The Balaban J connectivity index is 1.76. The monoisotopic (exact) mass is 298 g/mol. The van der Waals surface area contributed by atoms with Crippen molar-refractivity contribution in [2.24, 2.45) is 11.7 Å². The summed E-state index contributed by atoms with van der Waals surface area (Å²) in [6.07, 6.45) is 1.81. The maximum absolute atomic E-state index is 11.6. The van der Waals surface area contributed by atoms with Crippen molar-refractivity contribution in [3.8, 4) is 0 Å². The first kappa shape index (κ1) is 14.9. The number of carbonyl (C=O) groups excluding carboxylic acids is 1. The summed E-state index contributed by atoms with van der Waals surface area (Å²) in [6, 6.07) is 10.4. The minimum absolute atomic E-state index is 0.102. The highest BCUT2D eigenvalue weighted by molar-refractivity contribution is 5.79. The molecule has 0 bridgehead atoms. The van der Waals surface area contributed by atoms with Crippen LogP contribution < -0.4 is 5.73 Å². The number of hydrogen-bond donors (Lipinski definition) is 1. The molecule has 2 heterocycles. The third-order valence-electron chi connectivity index (χ3n) is 4.28. The smallest absolute Gasteiger partial charge is 0.223 e. The molecule has 0 saturated carbocycles. The number of benzene rings is 1. The summed E-state index contributed by atoms with van der Waals surface area (Å²) in [6.45, 7) is 4.21. The van der Waals surface area contributed by atoms with Crippen molar-refractivity contribution in [3.63, 3.8) is 0 Å². The Labute approximate surface area is 130 Å². The summed E-state index contributed by atoms with van der Waals surface area (Å²) in [7, 11) is 2.04.